The molecule has 2 aromatic carbocycles. The largest absolute Gasteiger partial charge is 0.495 e. The van der Waals surface area contributed by atoms with E-state index in [0.29, 0.717) is 12.2 Å². The highest BCUT2D eigenvalue weighted by Crippen LogP contribution is 2.31. The molecule has 0 aromatic heterocycles. The number of benzene rings is 2. The van der Waals surface area contributed by atoms with Crippen molar-refractivity contribution in [3.05, 3.63) is 53.1 Å². The van der Waals surface area contributed by atoms with Crippen molar-refractivity contribution in [1.29, 1.82) is 0 Å². The molecular formula is C21H22N2O5. The Kier molecular flexibility index (Phi) is 5.35. The molecule has 0 aliphatic carbocycles. The second-order valence-electron chi connectivity index (χ2n) is 6.83. The van der Waals surface area contributed by atoms with Crippen LogP contribution < -0.4 is 15.0 Å². The highest BCUT2D eigenvalue weighted by Gasteiger charge is 2.36. The van der Waals surface area contributed by atoms with Crippen molar-refractivity contribution in [2.75, 3.05) is 23.9 Å². The van der Waals surface area contributed by atoms with Crippen molar-refractivity contribution in [2.45, 2.75) is 20.3 Å². The molecule has 1 fully saturated rings. The summed E-state index contributed by atoms with van der Waals surface area (Å²) in [6, 6.07) is 9.99. The molecule has 1 atom stereocenters. The van der Waals surface area contributed by atoms with E-state index in [1.165, 1.54) is 25.3 Å². The predicted octanol–water partition coefficient (Wildman–Crippen LogP) is 3.00. The van der Waals surface area contributed by atoms with Gasteiger partial charge >= 0.3 is 5.97 Å². The van der Waals surface area contributed by atoms with Crippen LogP contribution in [0.15, 0.2) is 36.4 Å². The lowest BCUT2D eigenvalue weighted by Crippen LogP contribution is -2.28. The number of ether oxygens (including phenoxy) is 1. The van der Waals surface area contributed by atoms with Crippen LogP contribution in [0.3, 0.4) is 0 Å². The highest BCUT2D eigenvalue weighted by atomic mass is 16.5. The molecule has 0 spiro atoms. The van der Waals surface area contributed by atoms with Crippen LogP contribution in [0, 0.1) is 19.8 Å². The number of hydrogen-bond donors (Lipinski definition) is 2. The molecule has 1 saturated heterocycles. The lowest BCUT2D eigenvalue weighted by molar-refractivity contribution is -0.122. The van der Waals surface area contributed by atoms with Gasteiger partial charge in [0.2, 0.25) is 11.8 Å². The third-order valence-corrected chi connectivity index (χ3v) is 5.07. The lowest BCUT2D eigenvalue weighted by Gasteiger charge is -2.20. The van der Waals surface area contributed by atoms with Gasteiger partial charge in [-0.2, -0.15) is 0 Å². The number of hydrogen-bond acceptors (Lipinski definition) is 4. The Morgan fingerprint density at radius 2 is 1.96 bits per heavy atom. The summed E-state index contributed by atoms with van der Waals surface area (Å²) in [5.41, 5.74) is 3.36. The number of rotatable bonds is 5. The number of aromatic carboxylic acids is 1. The van der Waals surface area contributed by atoms with E-state index >= 15 is 0 Å². The Bertz CT molecular complexity index is 954. The molecule has 2 amide bonds. The normalized spacial score (nSPS) is 16.2. The summed E-state index contributed by atoms with van der Waals surface area (Å²) >= 11 is 0. The van der Waals surface area contributed by atoms with Crippen molar-refractivity contribution in [1.82, 2.24) is 0 Å². The number of carbonyl (C=O) groups is 3. The monoisotopic (exact) mass is 382 g/mol. The summed E-state index contributed by atoms with van der Waals surface area (Å²) in [5, 5.41) is 11.8. The Morgan fingerprint density at radius 1 is 1.21 bits per heavy atom. The van der Waals surface area contributed by atoms with E-state index < -0.39 is 11.9 Å². The molecule has 1 aliphatic heterocycles. The number of nitrogens with one attached hydrogen (secondary N) is 1. The van der Waals surface area contributed by atoms with Crippen molar-refractivity contribution in [3.8, 4) is 5.75 Å². The number of nitrogens with zero attached hydrogens (tertiary/aromatic N) is 1. The van der Waals surface area contributed by atoms with E-state index in [2.05, 4.69) is 5.32 Å². The maximum atomic E-state index is 12.7. The zero-order valence-electron chi connectivity index (χ0n) is 16.0. The minimum atomic E-state index is -1.08. The predicted molar refractivity (Wildman–Crippen MR) is 105 cm³/mol. The Morgan fingerprint density at radius 3 is 2.64 bits per heavy atom. The molecule has 7 nitrogen and oxygen atoms in total. The Hall–Kier alpha value is -3.35. The topological polar surface area (TPSA) is 95.9 Å². The fourth-order valence-electron chi connectivity index (χ4n) is 3.31. The standard InChI is InChI=1S/C21H22N2O5/c1-12-5-4-6-17(13(12)2)23-11-15(10-19(23)24)20(25)22-16-8-7-14(21(26)27)9-18(16)28-3/h4-9,15H,10-11H2,1-3H3,(H,22,25)(H,26,27). The van der Waals surface area contributed by atoms with E-state index in [0.717, 1.165) is 16.8 Å². The molecule has 7 heteroatoms. The second-order valence-corrected chi connectivity index (χ2v) is 6.83. The number of anilines is 2. The zero-order valence-corrected chi connectivity index (χ0v) is 16.0. The van der Waals surface area contributed by atoms with Gasteiger partial charge in [0.25, 0.3) is 0 Å². The molecule has 1 aliphatic rings. The summed E-state index contributed by atoms with van der Waals surface area (Å²) in [6.07, 6.45) is 0.120. The molecule has 0 saturated carbocycles. The van der Waals surface area contributed by atoms with Gasteiger partial charge in [0.15, 0.2) is 0 Å². The van der Waals surface area contributed by atoms with Crippen molar-refractivity contribution >= 4 is 29.2 Å². The molecule has 146 valence electrons. The average Bonchev–Trinajstić information content (AvgIpc) is 3.05. The van der Waals surface area contributed by atoms with Crippen LogP contribution in [-0.4, -0.2) is 36.5 Å². The summed E-state index contributed by atoms with van der Waals surface area (Å²) < 4.78 is 5.18. The smallest absolute Gasteiger partial charge is 0.335 e. The van der Waals surface area contributed by atoms with E-state index in [1.807, 2.05) is 32.0 Å². The van der Waals surface area contributed by atoms with E-state index in [1.54, 1.807) is 4.90 Å². The SMILES string of the molecule is COc1cc(C(=O)O)ccc1NC(=O)C1CC(=O)N(c2cccc(C)c2C)C1. The van der Waals surface area contributed by atoms with Gasteiger partial charge in [-0.05, 0) is 49.2 Å². The zero-order chi connectivity index (χ0) is 20.4. The van der Waals surface area contributed by atoms with Gasteiger partial charge in [-0.1, -0.05) is 12.1 Å². The maximum absolute atomic E-state index is 12.7. The Balaban J connectivity index is 1.77. The van der Waals surface area contributed by atoms with Crippen molar-refractivity contribution < 1.29 is 24.2 Å². The number of carbonyl (C=O) groups excluding carboxylic acids is 2. The quantitative estimate of drug-likeness (QED) is 0.829. The van der Waals surface area contributed by atoms with Crippen LogP contribution in [0.4, 0.5) is 11.4 Å². The first-order valence-electron chi connectivity index (χ1n) is 8.90. The number of amides is 2. The molecular weight excluding hydrogens is 360 g/mol. The minimum absolute atomic E-state index is 0.0620. The lowest BCUT2D eigenvalue weighted by atomic mass is 10.1. The number of carboxylic acids is 1. The third-order valence-electron chi connectivity index (χ3n) is 5.07. The first-order valence-corrected chi connectivity index (χ1v) is 8.90. The fourth-order valence-corrected chi connectivity index (χ4v) is 3.31. The minimum Gasteiger partial charge on any atom is -0.495 e. The first-order chi connectivity index (χ1) is 13.3. The van der Waals surface area contributed by atoms with Crippen LogP contribution in [0.5, 0.6) is 5.75 Å². The average molecular weight is 382 g/mol. The molecule has 2 aromatic rings. The van der Waals surface area contributed by atoms with Crippen LogP contribution in [0.25, 0.3) is 0 Å². The fraction of sp³-hybridized carbons (Fsp3) is 0.286. The maximum Gasteiger partial charge on any atom is 0.335 e. The second kappa shape index (κ2) is 7.72. The van der Waals surface area contributed by atoms with Crippen LogP contribution in [-0.2, 0) is 9.59 Å². The summed E-state index contributed by atoms with van der Waals surface area (Å²) in [7, 11) is 1.40. The van der Waals surface area contributed by atoms with Crippen molar-refractivity contribution in [3.63, 3.8) is 0 Å². The number of carboxylic acid groups (broad SMARTS) is 1. The molecule has 1 unspecified atom stereocenters. The van der Waals surface area contributed by atoms with Gasteiger partial charge in [0, 0.05) is 18.7 Å². The summed E-state index contributed by atoms with van der Waals surface area (Å²) in [5.74, 6) is -1.73. The number of methoxy groups -OCH3 is 1. The van der Waals surface area contributed by atoms with Gasteiger partial charge in [-0.25, -0.2) is 4.79 Å². The van der Waals surface area contributed by atoms with Gasteiger partial charge < -0.3 is 20.1 Å². The van der Waals surface area contributed by atoms with E-state index in [4.69, 9.17) is 9.84 Å². The molecule has 28 heavy (non-hydrogen) atoms. The third kappa shape index (κ3) is 3.69. The van der Waals surface area contributed by atoms with E-state index in [9.17, 15) is 14.4 Å². The van der Waals surface area contributed by atoms with Crippen LogP contribution in [0.1, 0.15) is 27.9 Å². The van der Waals surface area contributed by atoms with E-state index in [-0.39, 0.29) is 29.5 Å². The van der Waals surface area contributed by atoms with Gasteiger partial charge in [-0.15, -0.1) is 0 Å². The molecule has 1 heterocycles. The Labute approximate surface area is 162 Å². The molecule has 2 N–H and O–H groups in total. The summed E-state index contributed by atoms with van der Waals surface area (Å²) in [4.78, 5) is 38.0. The van der Waals surface area contributed by atoms with Crippen molar-refractivity contribution in [2.24, 2.45) is 5.92 Å². The molecule has 0 radical (unpaired) electrons. The van der Waals surface area contributed by atoms with Gasteiger partial charge in [-0.3, -0.25) is 9.59 Å². The molecule has 3 rings (SSSR count). The number of aryl methyl sites for hydroxylation is 1. The van der Waals surface area contributed by atoms with Crippen LogP contribution in [0.2, 0.25) is 0 Å². The van der Waals surface area contributed by atoms with Crippen LogP contribution >= 0.6 is 0 Å². The van der Waals surface area contributed by atoms with Gasteiger partial charge in [0.05, 0.1) is 24.3 Å². The highest BCUT2D eigenvalue weighted by molar-refractivity contribution is 6.04. The molecule has 0 bridgehead atoms. The first kappa shape index (κ1) is 19.4. The van der Waals surface area contributed by atoms with Gasteiger partial charge in [0.1, 0.15) is 5.75 Å². The summed E-state index contributed by atoms with van der Waals surface area (Å²) in [6.45, 7) is 4.24.